The first-order valence-corrected chi connectivity index (χ1v) is 11.0. The molecule has 3 aromatic rings. The smallest absolute Gasteiger partial charge is 0.253 e. The number of aromatic nitrogens is 2. The third kappa shape index (κ3) is 3.51. The summed E-state index contributed by atoms with van der Waals surface area (Å²) in [4.78, 5) is 35.5. The topological polar surface area (TPSA) is 78.1 Å². The first-order valence-electron chi connectivity index (χ1n) is 9.97. The lowest BCUT2D eigenvalue weighted by Crippen LogP contribution is -2.37. The van der Waals surface area contributed by atoms with Crippen LogP contribution in [-0.4, -0.2) is 45.5 Å². The Kier molecular flexibility index (Phi) is 4.75. The molecule has 0 unspecified atom stereocenters. The lowest BCUT2D eigenvalue weighted by atomic mass is 9.89. The van der Waals surface area contributed by atoms with Crippen LogP contribution in [0.4, 0.5) is 5.69 Å². The SMILES string of the molecule is O=C1CCSc2ccc(C(=O)N3CCC(c4c[nH]c5ncccc45)CC3)cc2N1. The standard InChI is InChI=1S/C22H22N4O2S/c27-20-7-11-29-19-4-3-15(12-18(19)25-20)22(28)26-9-5-14(6-10-26)17-13-24-21-16(17)2-1-8-23-21/h1-4,8,12-14H,5-7,9-11H2,(H,23,24)(H,25,27). The molecular formula is C22H22N4O2S. The number of rotatable bonds is 2. The minimum absolute atomic E-state index is 0.00915. The zero-order chi connectivity index (χ0) is 19.8. The second-order valence-corrected chi connectivity index (χ2v) is 8.70. The molecule has 2 N–H and O–H groups in total. The van der Waals surface area contributed by atoms with Crippen LogP contribution in [-0.2, 0) is 4.79 Å². The van der Waals surface area contributed by atoms with Crippen molar-refractivity contribution in [2.75, 3.05) is 24.2 Å². The van der Waals surface area contributed by atoms with Crippen molar-refractivity contribution in [3.8, 4) is 0 Å². The van der Waals surface area contributed by atoms with Gasteiger partial charge in [0.15, 0.2) is 0 Å². The molecule has 0 radical (unpaired) electrons. The summed E-state index contributed by atoms with van der Waals surface area (Å²) in [5, 5.41) is 4.10. The lowest BCUT2D eigenvalue weighted by molar-refractivity contribution is -0.115. The fraction of sp³-hybridized carbons (Fsp3) is 0.318. The molecular weight excluding hydrogens is 384 g/mol. The molecule has 1 aromatic carbocycles. The van der Waals surface area contributed by atoms with E-state index in [9.17, 15) is 9.59 Å². The van der Waals surface area contributed by atoms with Gasteiger partial charge in [0.05, 0.1) is 5.69 Å². The summed E-state index contributed by atoms with van der Waals surface area (Å²) in [7, 11) is 0. The minimum atomic E-state index is 0.00915. The summed E-state index contributed by atoms with van der Waals surface area (Å²) in [6.45, 7) is 1.46. The van der Waals surface area contributed by atoms with Crippen molar-refractivity contribution in [3.05, 3.63) is 53.9 Å². The average Bonchev–Trinajstić information content (AvgIpc) is 3.09. The number of aromatic amines is 1. The van der Waals surface area contributed by atoms with E-state index >= 15 is 0 Å². The zero-order valence-corrected chi connectivity index (χ0v) is 16.8. The van der Waals surface area contributed by atoms with Gasteiger partial charge >= 0.3 is 0 Å². The highest BCUT2D eigenvalue weighted by Crippen LogP contribution is 2.34. The van der Waals surface area contributed by atoms with Gasteiger partial charge < -0.3 is 15.2 Å². The molecule has 0 spiro atoms. The highest BCUT2D eigenvalue weighted by atomic mass is 32.2. The number of likely N-dealkylation sites (tertiary alicyclic amines) is 1. The van der Waals surface area contributed by atoms with E-state index in [1.807, 2.05) is 29.2 Å². The summed E-state index contributed by atoms with van der Waals surface area (Å²) in [6.07, 6.45) is 6.23. The Morgan fingerprint density at radius 3 is 2.93 bits per heavy atom. The molecule has 0 atom stereocenters. The zero-order valence-electron chi connectivity index (χ0n) is 16.0. The number of anilines is 1. The van der Waals surface area contributed by atoms with Gasteiger partial charge in [-0.3, -0.25) is 9.59 Å². The molecule has 5 rings (SSSR count). The number of nitrogens with zero attached hydrogens (tertiary/aromatic N) is 2. The summed E-state index contributed by atoms with van der Waals surface area (Å²) >= 11 is 1.65. The summed E-state index contributed by atoms with van der Waals surface area (Å²) in [5.41, 5.74) is 3.61. The number of pyridine rings is 1. The third-order valence-corrected chi connectivity index (χ3v) is 6.87. The first-order chi connectivity index (χ1) is 14.2. The number of fused-ring (bicyclic) bond motifs is 2. The van der Waals surface area contributed by atoms with Crippen LogP contribution in [0.25, 0.3) is 11.0 Å². The number of nitrogens with one attached hydrogen (secondary N) is 2. The molecule has 2 aromatic heterocycles. The largest absolute Gasteiger partial charge is 0.346 e. The number of thioether (sulfide) groups is 1. The van der Waals surface area contributed by atoms with Crippen LogP contribution in [0.2, 0.25) is 0 Å². The van der Waals surface area contributed by atoms with E-state index < -0.39 is 0 Å². The van der Waals surface area contributed by atoms with E-state index in [0.717, 1.165) is 47.9 Å². The van der Waals surface area contributed by atoms with Crippen molar-refractivity contribution in [2.24, 2.45) is 0 Å². The number of carbonyl (C=O) groups is 2. The highest BCUT2D eigenvalue weighted by molar-refractivity contribution is 7.99. The summed E-state index contributed by atoms with van der Waals surface area (Å²) < 4.78 is 0. The van der Waals surface area contributed by atoms with Crippen molar-refractivity contribution in [3.63, 3.8) is 0 Å². The Balaban J connectivity index is 1.30. The number of amides is 2. The average molecular weight is 407 g/mol. The van der Waals surface area contributed by atoms with E-state index in [2.05, 4.69) is 27.5 Å². The van der Waals surface area contributed by atoms with Gasteiger partial charge in [-0.15, -0.1) is 11.8 Å². The molecule has 29 heavy (non-hydrogen) atoms. The van der Waals surface area contributed by atoms with Gasteiger partial charge in [-0.2, -0.15) is 0 Å². The van der Waals surface area contributed by atoms with E-state index in [-0.39, 0.29) is 11.8 Å². The molecule has 4 heterocycles. The number of carbonyl (C=O) groups excluding carboxylic acids is 2. The molecule has 6 nitrogen and oxygen atoms in total. The van der Waals surface area contributed by atoms with Crippen LogP contribution in [0.15, 0.2) is 47.6 Å². The van der Waals surface area contributed by atoms with Crippen molar-refractivity contribution < 1.29 is 9.59 Å². The predicted molar refractivity (Wildman–Crippen MR) is 114 cm³/mol. The molecule has 148 valence electrons. The van der Waals surface area contributed by atoms with Gasteiger partial charge in [-0.25, -0.2) is 4.98 Å². The predicted octanol–water partition coefficient (Wildman–Crippen LogP) is 4.02. The Labute approximate surface area is 173 Å². The molecule has 2 amide bonds. The quantitative estimate of drug-likeness (QED) is 0.674. The van der Waals surface area contributed by atoms with Gasteiger partial charge in [0.2, 0.25) is 5.91 Å². The number of hydrogen-bond acceptors (Lipinski definition) is 4. The maximum absolute atomic E-state index is 13.0. The number of H-pyrrole nitrogens is 1. The molecule has 0 aliphatic carbocycles. The van der Waals surface area contributed by atoms with E-state index in [0.29, 0.717) is 17.9 Å². The van der Waals surface area contributed by atoms with Gasteiger partial charge in [0.1, 0.15) is 5.65 Å². The van der Waals surface area contributed by atoms with Crippen molar-refractivity contribution in [1.29, 1.82) is 0 Å². The van der Waals surface area contributed by atoms with Gasteiger partial charge in [0.25, 0.3) is 5.91 Å². The molecule has 7 heteroatoms. The van der Waals surface area contributed by atoms with Crippen molar-refractivity contribution in [1.82, 2.24) is 14.9 Å². The van der Waals surface area contributed by atoms with Crippen LogP contribution >= 0.6 is 11.8 Å². The monoisotopic (exact) mass is 406 g/mol. The Morgan fingerprint density at radius 1 is 1.21 bits per heavy atom. The summed E-state index contributed by atoms with van der Waals surface area (Å²) in [5.74, 6) is 1.24. The van der Waals surface area contributed by atoms with Crippen molar-refractivity contribution in [2.45, 2.75) is 30.1 Å². The molecule has 1 fully saturated rings. The van der Waals surface area contributed by atoms with Crippen LogP contribution in [0.5, 0.6) is 0 Å². The van der Waals surface area contributed by atoms with Gasteiger partial charge in [-0.1, -0.05) is 0 Å². The number of hydrogen-bond donors (Lipinski definition) is 2. The third-order valence-electron chi connectivity index (χ3n) is 5.79. The van der Waals surface area contributed by atoms with Crippen molar-refractivity contribution >= 4 is 40.3 Å². The van der Waals surface area contributed by atoms with Crippen LogP contribution in [0.1, 0.15) is 41.1 Å². The Bertz CT molecular complexity index is 1090. The van der Waals surface area contributed by atoms with Gasteiger partial charge in [0, 0.05) is 53.5 Å². The minimum Gasteiger partial charge on any atom is -0.346 e. The van der Waals surface area contributed by atoms with Crippen LogP contribution in [0, 0.1) is 0 Å². The van der Waals surface area contributed by atoms with E-state index in [1.165, 1.54) is 10.9 Å². The Morgan fingerprint density at radius 2 is 2.07 bits per heavy atom. The molecule has 0 bridgehead atoms. The second-order valence-electron chi connectivity index (χ2n) is 7.57. The Hall–Kier alpha value is -2.80. The maximum atomic E-state index is 13.0. The maximum Gasteiger partial charge on any atom is 0.253 e. The fourth-order valence-corrected chi connectivity index (χ4v) is 5.18. The van der Waals surface area contributed by atoms with Gasteiger partial charge in [-0.05, 0) is 54.7 Å². The van der Waals surface area contributed by atoms with E-state index in [1.54, 1.807) is 18.0 Å². The van der Waals surface area contributed by atoms with Crippen LogP contribution in [0.3, 0.4) is 0 Å². The normalized spacial score (nSPS) is 17.7. The molecule has 2 aliphatic rings. The molecule has 0 saturated carbocycles. The molecule has 1 saturated heterocycles. The number of piperidine rings is 1. The summed E-state index contributed by atoms with van der Waals surface area (Å²) in [6, 6.07) is 9.72. The van der Waals surface area contributed by atoms with E-state index in [4.69, 9.17) is 0 Å². The fourth-order valence-electron chi connectivity index (χ4n) is 4.24. The van der Waals surface area contributed by atoms with Crippen LogP contribution < -0.4 is 5.32 Å². The lowest BCUT2D eigenvalue weighted by Gasteiger charge is -2.32. The first kappa shape index (κ1) is 18.2. The highest BCUT2D eigenvalue weighted by Gasteiger charge is 2.27. The molecule has 2 aliphatic heterocycles. The second kappa shape index (κ2) is 7.55. The number of benzene rings is 1.